The summed E-state index contributed by atoms with van der Waals surface area (Å²) in [7, 11) is 0. The highest BCUT2D eigenvalue weighted by Gasteiger charge is 2.41. The third-order valence-electron chi connectivity index (χ3n) is 5.83. The van der Waals surface area contributed by atoms with Crippen molar-refractivity contribution in [3.63, 3.8) is 0 Å². The normalized spacial score (nSPS) is 17.9. The Morgan fingerprint density at radius 1 is 1.16 bits per heavy atom. The van der Waals surface area contributed by atoms with Gasteiger partial charge in [0.1, 0.15) is 11.8 Å². The van der Waals surface area contributed by atoms with Gasteiger partial charge < -0.3 is 15.1 Å². The van der Waals surface area contributed by atoms with E-state index in [1.54, 1.807) is 35.4 Å². The average Bonchev–Trinajstić information content (AvgIpc) is 3.25. The van der Waals surface area contributed by atoms with Crippen LogP contribution in [-0.2, 0) is 4.79 Å². The number of benzene rings is 2. The summed E-state index contributed by atoms with van der Waals surface area (Å²) in [5, 5.41) is 6.80. The fraction of sp³-hybridized carbons (Fsp3) is 0.200. The molecule has 1 aromatic heterocycles. The smallest absolute Gasteiger partial charge is 0.327 e. The van der Waals surface area contributed by atoms with Gasteiger partial charge in [-0.15, -0.1) is 0 Å². The van der Waals surface area contributed by atoms with E-state index < -0.39 is 12.1 Å². The van der Waals surface area contributed by atoms with Crippen molar-refractivity contribution in [3.05, 3.63) is 88.5 Å². The van der Waals surface area contributed by atoms with Gasteiger partial charge in [-0.25, -0.2) is 4.79 Å². The fourth-order valence-electron chi connectivity index (χ4n) is 4.37. The Morgan fingerprint density at radius 3 is 2.78 bits per heavy atom. The summed E-state index contributed by atoms with van der Waals surface area (Å²) in [5.74, 6) is 0.538. The molecule has 2 amide bonds. The molecule has 2 aromatic carbocycles. The zero-order valence-corrected chi connectivity index (χ0v) is 18.3. The number of nitrogens with zero attached hydrogens (tertiary/aromatic N) is 1. The topological polar surface area (TPSA) is 74.6 Å². The number of rotatable bonds is 2. The summed E-state index contributed by atoms with van der Waals surface area (Å²) in [4.78, 5) is 28.5. The zero-order valence-electron chi connectivity index (χ0n) is 17.5. The van der Waals surface area contributed by atoms with Crippen LogP contribution >= 0.6 is 11.6 Å². The molecule has 2 heterocycles. The van der Waals surface area contributed by atoms with Gasteiger partial charge in [0.05, 0.1) is 28.3 Å². The van der Waals surface area contributed by atoms with E-state index in [1.807, 2.05) is 37.3 Å². The Bertz CT molecular complexity index is 1230. The summed E-state index contributed by atoms with van der Waals surface area (Å²) in [6.45, 7) is 1.93. The van der Waals surface area contributed by atoms with Crippen molar-refractivity contribution in [1.29, 1.82) is 0 Å². The molecular weight excluding hydrogens is 426 g/mol. The first-order chi connectivity index (χ1) is 15.5. The van der Waals surface area contributed by atoms with Gasteiger partial charge in [-0.1, -0.05) is 29.8 Å². The Morgan fingerprint density at radius 2 is 2.00 bits per heavy atom. The van der Waals surface area contributed by atoms with Gasteiger partial charge in [0.25, 0.3) is 0 Å². The lowest BCUT2D eigenvalue weighted by Gasteiger charge is -2.32. The van der Waals surface area contributed by atoms with Crippen LogP contribution in [0.1, 0.15) is 36.6 Å². The maximum atomic E-state index is 13.8. The number of nitrogens with one attached hydrogen (secondary N) is 2. The molecule has 1 atom stereocenters. The molecule has 0 saturated heterocycles. The van der Waals surface area contributed by atoms with Crippen molar-refractivity contribution in [2.75, 3.05) is 15.5 Å². The Kier molecular flexibility index (Phi) is 5.23. The lowest BCUT2D eigenvalue weighted by molar-refractivity contribution is -0.116. The SMILES string of the molecule is Cc1ccc(NC(=O)N2c3ccccc3NC3=C(C(=O)CCC3)C2c2ccco2)c(Cl)c1. The van der Waals surface area contributed by atoms with Gasteiger partial charge in [-0.2, -0.15) is 0 Å². The van der Waals surface area contributed by atoms with Crippen LogP contribution in [0.25, 0.3) is 0 Å². The number of carbonyl (C=O) groups excluding carboxylic acids is 2. The average molecular weight is 448 g/mol. The summed E-state index contributed by atoms with van der Waals surface area (Å²) < 4.78 is 5.75. The lowest BCUT2D eigenvalue weighted by Crippen LogP contribution is -2.40. The second-order valence-corrected chi connectivity index (χ2v) is 8.42. The molecule has 0 bridgehead atoms. The van der Waals surface area contributed by atoms with Gasteiger partial charge in [-0.3, -0.25) is 9.69 Å². The molecule has 2 N–H and O–H groups in total. The van der Waals surface area contributed by atoms with Gasteiger partial charge in [0.15, 0.2) is 5.78 Å². The number of aryl methyl sites for hydroxylation is 1. The van der Waals surface area contributed by atoms with E-state index in [2.05, 4.69) is 10.6 Å². The number of ketones is 1. The first kappa shape index (κ1) is 20.4. The van der Waals surface area contributed by atoms with Crippen LogP contribution in [0.4, 0.5) is 21.9 Å². The number of para-hydroxylation sites is 2. The van der Waals surface area contributed by atoms with Crippen molar-refractivity contribution in [3.8, 4) is 0 Å². The Labute approximate surface area is 190 Å². The Balaban J connectivity index is 1.67. The second kappa shape index (κ2) is 8.20. The number of anilines is 3. The zero-order chi connectivity index (χ0) is 22.2. The van der Waals surface area contributed by atoms with Crippen molar-refractivity contribution in [2.24, 2.45) is 0 Å². The standard InChI is InChI=1S/C25H22ClN3O3/c1-15-11-12-17(16(26)14-15)28-25(31)29-20-8-3-2-6-18(20)27-19-7-4-9-21(30)23(19)24(29)22-10-5-13-32-22/h2-3,5-6,8,10-14,24,27H,4,7,9H2,1H3,(H,28,31). The highest BCUT2D eigenvalue weighted by Crippen LogP contribution is 2.45. The third-order valence-corrected chi connectivity index (χ3v) is 6.15. The number of amides is 2. The predicted molar refractivity (Wildman–Crippen MR) is 125 cm³/mol. The van der Waals surface area contributed by atoms with Crippen LogP contribution in [0, 0.1) is 6.92 Å². The molecule has 162 valence electrons. The number of hydrogen-bond acceptors (Lipinski definition) is 4. The summed E-state index contributed by atoms with van der Waals surface area (Å²) in [6.07, 6.45) is 3.49. The van der Waals surface area contributed by atoms with Gasteiger partial charge in [0.2, 0.25) is 0 Å². The van der Waals surface area contributed by atoms with Crippen LogP contribution in [0.2, 0.25) is 5.02 Å². The monoisotopic (exact) mass is 447 g/mol. The van der Waals surface area contributed by atoms with Crippen molar-refractivity contribution >= 4 is 40.5 Å². The number of carbonyl (C=O) groups is 2. The first-order valence-electron chi connectivity index (χ1n) is 10.5. The van der Waals surface area contributed by atoms with Crippen LogP contribution in [0.3, 0.4) is 0 Å². The maximum Gasteiger partial charge on any atom is 0.327 e. The van der Waals surface area contributed by atoms with Crippen molar-refractivity contribution in [1.82, 2.24) is 0 Å². The highest BCUT2D eigenvalue weighted by molar-refractivity contribution is 6.34. The van der Waals surface area contributed by atoms with Gasteiger partial charge in [0, 0.05) is 17.7 Å². The van der Waals surface area contributed by atoms with Crippen molar-refractivity contribution in [2.45, 2.75) is 32.2 Å². The van der Waals surface area contributed by atoms with E-state index >= 15 is 0 Å². The van der Waals surface area contributed by atoms with Crippen molar-refractivity contribution < 1.29 is 14.0 Å². The minimum absolute atomic E-state index is 0.0131. The number of allylic oxidation sites excluding steroid dienone is 1. The fourth-order valence-corrected chi connectivity index (χ4v) is 4.65. The number of urea groups is 1. The molecule has 0 saturated carbocycles. The molecular formula is C25H22ClN3O3. The third kappa shape index (κ3) is 3.56. The summed E-state index contributed by atoms with van der Waals surface area (Å²) >= 11 is 6.39. The molecule has 1 unspecified atom stereocenters. The molecule has 1 aliphatic heterocycles. The molecule has 7 heteroatoms. The highest BCUT2D eigenvalue weighted by atomic mass is 35.5. The van der Waals surface area contributed by atoms with E-state index in [-0.39, 0.29) is 5.78 Å². The molecule has 1 aliphatic carbocycles. The minimum atomic E-state index is -0.701. The number of hydrogen-bond donors (Lipinski definition) is 2. The van der Waals surface area contributed by atoms with Gasteiger partial charge >= 0.3 is 6.03 Å². The molecule has 2 aliphatic rings. The number of furan rings is 1. The molecule has 32 heavy (non-hydrogen) atoms. The molecule has 5 rings (SSSR count). The van der Waals surface area contributed by atoms with E-state index in [9.17, 15) is 9.59 Å². The largest absolute Gasteiger partial charge is 0.467 e. The molecule has 0 fully saturated rings. The first-order valence-corrected chi connectivity index (χ1v) is 10.9. The maximum absolute atomic E-state index is 13.8. The predicted octanol–water partition coefficient (Wildman–Crippen LogP) is 6.45. The quantitative estimate of drug-likeness (QED) is 0.473. The lowest BCUT2D eigenvalue weighted by atomic mass is 9.88. The molecule has 0 spiro atoms. The molecule has 3 aromatic rings. The summed E-state index contributed by atoms with van der Waals surface area (Å²) in [6, 6.07) is 15.4. The summed E-state index contributed by atoms with van der Waals surface area (Å²) in [5.41, 5.74) is 4.30. The van der Waals surface area contributed by atoms with Crippen LogP contribution < -0.4 is 15.5 Å². The molecule has 6 nitrogen and oxygen atoms in total. The van der Waals surface area contributed by atoms with E-state index in [0.29, 0.717) is 34.2 Å². The number of Topliss-reactive ketones (excluding diaryl/α,β-unsaturated/α-hetero) is 1. The molecule has 0 radical (unpaired) electrons. The van der Waals surface area contributed by atoms with Crippen LogP contribution in [0.15, 0.2) is 76.5 Å². The number of fused-ring (bicyclic) bond motifs is 1. The van der Waals surface area contributed by atoms with Crippen LogP contribution in [-0.4, -0.2) is 11.8 Å². The minimum Gasteiger partial charge on any atom is -0.467 e. The Hall–Kier alpha value is -3.51. The van der Waals surface area contributed by atoms with Gasteiger partial charge in [-0.05, 0) is 61.7 Å². The van der Waals surface area contributed by atoms with E-state index in [4.69, 9.17) is 16.0 Å². The number of halogens is 1. The van der Waals surface area contributed by atoms with Crippen LogP contribution in [0.5, 0.6) is 0 Å². The van der Waals surface area contributed by atoms with E-state index in [1.165, 1.54) is 0 Å². The van der Waals surface area contributed by atoms with E-state index in [0.717, 1.165) is 29.8 Å². The second-order valence-electron chi connectivity index (χ2n) is 8.01.